The Labute approximate surface area is 184 Å². The van der Waals surface area contributed by atoms with Crippen LogP contribution in [0.5, 0.6) is 17.4 Å². The van der Waals surface area contributed by atoms with Gasteiger partial charge in [0.1, 0.15) is 11.4 Å². The predicted octanol–water partition coefficient (Wildman–Crippen LogP) is 5.82. The van der Waals surface area contributed by atoms with E-state index in [-0.39, 0.29) is 11.6 Å². The summed E-state index contributed by atoms with van der Waals surface area (Å²) < 4.78 is 32.2. The van der Waals surface area contributed by atoms with Gasteiger partial charge in [0, 0.05) is 23.1 Å². The van der Waals surface area contributed by atoms with E-state index in [1.165, 1.54) is 11.8 Å². The van der Waals surface area contributed by atoms with Gasteiger partial charge in [-0.25, -0.2) is 14.2 Å². The van der Waals surface area contributed by atoms with Crippen molar-refractivity contribution >= 4 is 17.0 Å². The zero-order valence-corrected chi connectivity index (χ0v) is 18.1. The van der Waals surface area contributed by atoms with E-state index in [4.69, 9.17) is 14.2 Å². The first-order valence-corrected chi connectivity index (χ1v) is 9.94. The summed E-state index contributed by atoms with van der Waals surface area (Å²) in [5.74, 6) is 0.352. The summed E-state index contributed by atoms with van der Waals surface area (Å²) in [6.07, 6.45) is 0.992. The number of carbonyl (C=O) groups excluding carboxylic acids is 1. The van der Waals surface area contributed by atoms with E-state index >= 15 is 0 Å². The van der Waals surface area contributed by atoms with Crippen molar-refractivity contribution in [3.63, 3.8) is 0 Å². The molecule has 0 spiro atoms. The van der Waals surface area contributed by atoms with Crippen LogP contribution in [0.4, 0.5) is 9.18 Å². The summed E-state index contributed by atoms with van der Waals surface area (Å²) in [6.45, 7) is 5.36. The van der Waals surface area contributed by atoms with Gasteiger partial charge in [-0.1, -0.05) is 12.1 Å². The number of hydrogen-bond donors (Lipinski definition) is 0. The molecule has 0 unspecified atom stereocenters. The Kier molecular flexibility index (Phi) is 5.52. The summed E-state index contributed by atoms with van der Waals surface area (Å²) >= 11 is 0. The van der Waals surface area contributed by atoms with Gasteiger partial charge in [0.15, 0.2) is 11.6 Å². The fourth-order valence-electron chi connectivity index (χ4n) is 3.12. The number of fused-ring (bicyclic) bond motifs is 1. The molecule has 0 fully saturated rings. The molecule has 0 atom stereocenters. The van der Waals surface area contributed by atoms with Gasteiger partial charge in [0.05, 0.1) is 24.5 Å². The van der Waals surface area contributed by atoms with Gasteiger partial charge >= 0.3 is 6.09 Å². The van der Waals surface area contributed by atoms with Crippen molar-refractivity contribution in [2.75, 3.05) is 7.11 Å². The molecule has 0 radical (unpaired) electrons. The number of aromatic nitrogens is 3. The molecular weight excluding hydrogens is 413 g/mol. The van der Waals surface area contributed by atoms with Crippen LogP contribution >= 0.6 is 0 Å². The zero-order chi connectivity index (χ0) is 22.9. The van der Waals surface area contributed by atoms with Gasteiger partial charge < -0.3 is 14.2 Å². The number of benzene rings is 2. The quantitative estimate of drug-likeness (QED) is 0.402. The van der Waals surface area contributed by atoms with E-state index in [9.17, 15) is 9.18 Å². The highest BCUT2D eigenvalue weighted by atomic mass is 19.1. The molecule has 0 aliphatic heterocycles. The molecular formula is C24H22FN3O4. The van der Waals surface area contributed by atoms with E-state index in [1.54, 1.807) is 81.6 Å². The van der Waals surface area contributed by atoms with Crippen molar-refractivity contribution in [3.05, 3.63) is 66.6 Å². The Morgan fingerprint density at radius 1 is 1.06 bits per heavy atom. The molecule has 0 saturated heterocycles. The minimum absolute atomic E-state index is 0.136. The fraction of sp³-hybridized carbons (Fsp3) is 0.208. The molecule has 164 valence electrons. The lowest BCUT2D eigenvalue weighted by molar-refractivity contribution is 0.0522. The van der Waals surface area contributed by atoms with Gasteiger partial charge in [-0.3, -0.25) is 0 Å². The highest BCUT2D eigenvalue weighted by molar-refractivity contribution is 5.88. The van der Waals surface area contributed by atoms with E-state index in [0.717, 1.165) is 5.39 Å². The maximum absolute atomic E-state index is 14.6. The molecule has 2 aromatic carbocycles. The van der Waals surface area contributed by atoms with Crippen molar-refractivity contribution in [3.8, 4) is 28.6 Å². The molecule has 0 amide bonds. The molecule has 8 heteroatoms. The summed E-state index contributed by atoms with van der Waals surface area (Å²) in [5, 5.41) is 4.88. The van der Waals surface area contributed by atoms with Crippen molar-refractivity contribution in [1.82, 2.24) is 14.8 Å². The third-order valence-corrected chi connectivity index (χ3v) is 4.51. The monoisotopic (exact) mass is 435 g/mol. The lowest BCUT2D eigenvalue weighted by atomic mass is 10.1. The normalized spacial score (nSPS) is 11.4. The topological polar surface area (TPSA) is 75.5 Å². The number of ether oxygens (including phenoxy) is 3. The first-order chi connectivity index (χ1) is 15.2. The molecule has 2 aromatic heterocycles. The van der Waals surface area contributed by atoms with Gasteiger partial charge in [0.2, 0.25) is 5.88 Å². The van der Waals surface area contributed by atoms with Crippen LogP contribution in [0, 0.1) is 5.82 Å². The number of nitrogens with zero attached hydrogens (tertiary/aromatic N) is 3. The minimum Gasteiger partial charge on any atom is -0.494 e. The van der Waals surface area contributed by atoms with Gasteiger partial charge in [-0.2, -0.15) is 9.78 Å². The molecule has 0 saturated carbocycles. The van der Waals surface area contributed by atoms with Crippen molar-refractivity contribution in [1.29, 1.82) is 0 Å². The lowest BCUT2D eigenvalue weighted by Gasteiger charge is -2.19. The molecule has 0 aliphatic carbocycles. The van der Waals surface area contributed by atoms with Crippen LogP contribution in [-0.2, 0) is 4.74 Å². The highest BCUT2D eigenvalue weighted by Gasteiger charge is 2.20. The molecule has 4 aromatic rings. The first kappa shape index (κ1) is 21.3. The Morgan fingerprint density at radius 2 is 1.84 bits per heavy atom. The second-order valence-corrected chi connectivity index (χ2v) is 8.04. The third kappa shape index (κ3) is 4.39. The SMILES string of the molecule is COc1cccc(-c2cccc(Oc3ccc4cnn(C(=O)OC(C)(C)C)c4c3)n2)c1F. The number of methoxy groups -OCH3 is 1. The van der Waals surface area contributed by atoms with Crippen LogP contribution < -0.4 is 9.47 Å². The molecule has 0 bridgehead atoms. The molecule has 2 heterocycles. The Bertz CT molecular complexity index is 1290. The van der Waals surface area contributed by atoms with Crippen LogP contribution in [0.2, 0.25) is 0 Å². The van der Waals surface area contributed by atoms with Gasteiger partial charge in [0.25, 0.3) is 0 Å². The maximum Gasteiger partial charge on any atom is 0.435 e. The summed E-state index contributed by atoms with van der Waals surface area (Å²) in [5.41, 5.74) is 0.585. The Morgan fingerprint density at radius 3 is 2.59 bits per heavy atom. The first-order valence-electron chi connectivity index (χ1n) is 9.94. The molecule has 4 rings (SSSR count). The summed E-state index contributed by atoms with van der Waals surface area (Å²) in [6, 6.07) is 15.1. The molecule has 0 N–H and O–H groups in total. The van der Waals surface area contributed by atoms with Crippen LogP contribution in [0.3, 0.4) is 0 Å². The summed E-state index contributed by atoms with van der Waals surface area (Å²) in [7, 11) is 1.41. The van der Waals surface area contributed by atoms with E-state index in [0.29, 0.717) is 22.5 Å². The molecule has 32 heavy (non-hydrogen) atoms. The van der Waals surface area contributed by atoms with Crippen LogP contribution in [0.1, 0.15) is 20.8 Å². The van der Waals surface area contributed by atoms with Crippen LogP contribution in [0.25, 0.3) is 22.2 Å². The average Bonchev–Trinajstić information content (AvgIpc) is 3.16. The number of pyridine rings is 1. The van der Waals surface area contributed by atoms with E-state index in [1.807, 2.05) is 0 Å². The third-order valence-electron chi connectivity index (χ3n) is 4.51. The zero-order valence-electron chi connectivity index (χ0n) is 18.1. The predicted molar refractivity (Wildman–Crippen MR) is 118 cm³/mol. The number of carbonyl (C=O) groups is 1. The standard InChI is InChI=1S/C24H22FN3O4/c1-24(2,3)32-23(29)28-19-13-16(12-11-15(19)14-26-28)31-21-10-6-8-18(27-21)17-7-5-9-20(30-4)22(17)25/h5-14H,1-4H3. The number of hydrogen-bond acceptors (Lipinski definition) is 6. The van der Waals surface area contributed by atoms with Gasteiger partial charge in [-0.15, -0.1) is 0 Å². The number of halogens is 1. The second-order valence-electron chi connectivity index (χ2n) is 8.04. The molecule has 0 aliphatic rings. The smallest absolute Gasteiger partial charge is 0.435 e. The largest absolute Gasteiger partial charge is 0.494 e. The fourth-order valence-corrected chi connectivity index (χ4v) is 3.12. The van der Waals surface area contributed by atoms with E-state index < -0.39 is 17.5 Å². The van der Waals surface area contributed by atoms with Crippen molar-refractivity contribution < 1.29 is 23.4 Å². The average molecular weight is 435 g/mol. The Hall–Kier alpha value is -3.94. The number of rotatable bonds is 4. The highest BCUT2D eigenvalue weighted by Crippen LogP contribution is 2.30. The molecule has 7 nitrogen and oxygen atoms in total. The van der Waals surface area contributed by atoms with Crippen LogP contribution in [-0.4, -0.2) is 33.6 Å². The van der Waals surface area contributed by atoms with Crippen LogP contribution in [0.15, 0.2) is 60.8 Å². The van der Waals surface area contributed by atoms with Crippen molar-refractivity contribution in [2.24, 2.45) is 0 Å². The van der Waals surface area contributed by atoms with E-state index in [2.05, 4.69) is 10.1 Å². The maximum atomic E-state index is 14.6. The lowest BCUT2D eigenvalue weighted by Crippen LogP contribution is -2.27. The summed E-state index contributed by atoms with van der Waals surface area (Å²) in [4.78, 5) is 16.9. The second kappa shape index (κ2) is 8.30. The van der Waals surface area contributed by atoms with Crippen molar-refractivity contribution in [2.45, 2.75) is 26.4 Å². The Balaban J connectivity index is 1.64. The van der Waals surface area contributed by atoms with Gasteiger partial charge in [-0.05, 0) is 51.1 Å². The minimum atomic E-state index is -0.650.